The van der Waals surface area contributed by atoms with Crippen molar-refractivity contribution >= 4 is 29.3 Å². The molecule has 1 aromatic rings. The molecule has 1 aromatic carbocycles. The maximum absolute atomic E-state index is 13.2. The summed E-state index contributed by atoms with van der Waals surface area (Å²) < 4.78 is 5.68. The predicted molar refractivity (Wildman–Crippen MR) is 115 cm³/mol. The molecule has 1 aliphatic carbocycles. The van der Waals surface area contributed by atoms with E-state index < -0.39 is 6.04 Å². The summed E-state index contributed by atoms with van der Waals surface area (Å²) in [7, 11) is 1.68. The van der Waals surface area contributed by atoms with Crippen LogP contribution in [0.25, 0.3) is 0 Å². The number of allylic oxidation sites excluding steroid dienone is 2. The largest absolute Gasteiger partial charge is 0.492 e. The lowest BCUT2D eigenvalue weighted by Gasteiger charge is -2.31. The fraction of sp³-hybridized carbons (Fsp3) is 0.522. The van der Waals surface area contributed by atoms with Crippen LogP contribution in [-0.2, 0) is 14.4 Å². The van der Waals surface area contributed by atoms with Gasteiger partial charge < -0.3 is 9.64 Å². The van der Waals surface area contributed by atoms with Crippen LogP contribution >= 0.6 is 11.6 Å². The topological polar surface area (TPSA) is 66.9 Å². The molecule has 7 heteroatoms. The standard InChI is InChI=1S/C23H29ClN2O4/c1-15(2)13-20(26-21(27)18-9-4-5-10-19(18)22(26)28)23(29)25(3)11-12-30-17-8-6-7-16(24)14-17/h4-8,14-15,18-20H,9-13H2,1-3H3. The molecule has 0 saturated carbocycles. The number of likely N-dealkylation sites (tertiary alicyclic amines) is 1. The van der Waals surface area contributed by atoms with Crippen LogP contribution in [-0.4, -0.2) is 53.8 Å². The summed E-state index contributed by atoms with van der Waals surface area (Å²) in [5, 5.41) is 0.580. The van der Waals surface area contributed by atoms with Gasteiger partial charge in [0.1, 0.15) is 18.4 Å². The molecule has 3 atom stereocenters. The molecular weight excluding hydrogens is 404 g/mol. The molecular formula is C23H29ClN2O4. The van der Waals surface area contributed by atoms with Crippen LogP contribution in [0.2, 0.25) is 5.02 Å². The van der Waals surface area contributed by atoms with Gasteiger partial charge in [-0.15, -0.1) is 0 Å². The number of rotatable bonds is 8. The highest BCUT2D eigenvalue weighted by Gasteiger charge is 2.51. The smallest absolute Gasteiger partial charge is 0.245 e. The van der Waals surface area contributed by atoms with Crippen molar-refractivity contribution in [1.29, 1.82) is 0 Å². The van der Waals surface area contributed by atoms with E-state index in [1.54, 1.807) is 36.2 Å². The highest BCUT2D eigenvalue weighted by Crippen LogP contribution is 2.37. The summed E-state index contributed by atoms with van der Waals surface area (Å²) >= 11 is 5.96. The Morgan fingerprint density at radius 1 is 1.20 bits per heavy atom. The van der Waals surface area contributed by atoms with Crippen LogP contribution in [0.5, 0.6) is 5.75 Å². The Labute approximate surface area is 182 Å². The number of halogens is 1. The summed E-state index contributed by atoms with van der Waals surface area (Å²) in [4.78, 5) is 42.0. The van der Waals surface area contributed by atoms with E-state index >= 15 is 0 Å². The van der Waals surface area contributed by atoms with Gasteiger partial charge in [0, 0.05) is 12.1 Å². The zero-order valence-electron chi connectivity index (χ0n) is 17.7. The third kappa shape index (κ3) is 4.86. The lowest BCUT2D eigenvalue weighted by molar-refractivity contribution is -0.151. The van der Waals surface area contributed by atoms with Crippen molar-refractivity contribution in [3.63, 3.8) is 0 Å². The molecule has 162 valence electrons. The zero-order valence-corrected chi connectivity index (χ0v) is 18.5. The first kappa shape index (κ1) is 22.3. The zero-order chi connectivity index (χ0) is 21.8. The summed E-state index contributed by atoms with van der Waals surface area (Å²) in [5.74, 6) is -0.525. The summed E-state index contributed by atoms with van der Waals surface area (Å²) in [6.07, 6.45) is 5.49. The van der Waals surface area contributed by atoms with Gasteiger partial charge in [-0.3, -0.25) is 19.3 Å². The van der Waals surface area contributed by atoms with Crippen molar-refractivity contribution in [2.45, 2.75) is 39.2 Å². The summed E-state index contributed by atoms with van der Waals surface area (Å²) in [6.45, 7) is 4.60. The van der Waals surface area contributed by atoms with E-state index in [4.69, 9.17) is 16.3 Å². The minimum atomic E-state index is -0.772. The SMILES string of the molecule is CC(C)CC(C(=O)N(C)CCOc1cccc(Cl)c1)N1C(=O)C2CC=CCC2C1=O. The minimum absolute atomic E-state index is 0.163. The number of hydrogen-bond acceptors (Lipinski definition) is 4. The molecule has 2 aliphatic rings. The lowest BCUT2D eigenvalue weighted by Crippen LogP contribution is -2.51. The second-order valence-corrected chi connectivity index (χ2v) is 8.85. The molecule has 0 aromatic heterocycles. The summed E-state index contributed by atoms with van der Waals surface area (Å²) in [5.41, 5.74) is 0. The molecule has 0 spiro atoms. The molecule has 3 rings (SSSR count). The average Bonchev–Trinajstić information content (AvgIpc) is 2.96. The number of ether oxygens (including phenoxy) is 1. The fourth-order valence-corrected chi connectivity index (χ4v) is 4.30. The molecule has 1 fully saturated rings. The van der Waals surface area contributed by atoms with Crippen LogP contribution in [0.3, 0.4) is 0 Å². The second-order valence-electron chi connectivity index (χ2n) is 8.41. The van der Waals surface area contributed by atoms with E-state index in [1.807, 2.05) is 26.0 Å². The Hall–Kier alpha value is -2.34. The molecule has 1 aliphatic heterocycles. The first-order chi connectivity index (χ1) is 14.3. The molecule has 0 radical (unpaired) electrons. The van der Waals surface area contributed by atoms with Gasteiger partial charge in [-0.2, -0.15) is 0 Å². The molecule has 6 nitrogen and oxygen atoms in total. The number of carbonyl (C=O) groups excluding carboxylic acids is 3. The Kier molecular flexibility index (Phi) is 7.19. The highest BCUT2D eigenvalue weighted by molar-refractivity contribution is 6.30. The van der Waals surface area contributed by atoms with E-state index in [-0.39, 0.29) is 42.1 Å². The first-order valence-electron chi connectivity index (χ1n) is 10.4. The van der Waals surface area contributed by atoms with Gasteiger partial charge in [-0.25, -0.2) is 0 Å². The van der Waals surface area contributed by atoms with Gasteiger partial charge in [-0.05, 0) is 43.4 Å². The maximum Gasteiger partial charge on any atom is 0.245 e. The molecule has 30 heavy (non-hydrogen) atoms. The van der Waals surface area contributed by atoms with Gasteiger partial charge in [0.05, 0.1) is 18.4 Å². The Balaban J connectivity index is 1.67. The minimum Gasteiger partial charge on any atom is -0.492 e. The van der Waals surface area contributed by atoms with Gasteiger partial charge in [-0.1, -0.05) is 43.7 Å². The van der Waals surface area contributed by atoms with E-state index in [9.17, 15) is 14.4 Å². The average molecular weight is 433 g/mol. The number of imide groups is 1. The van der Waals surface area contributed by atoms with Crippen molar-refractivity contribution in [2.75, 3.05) is 20.2 Å². The van der Waals surface area contributed by atoms with Crippen molar-refractivity contribution in [3.8, 4) is 5.75 Å². The number of carbonyl (C=O) groups is 3. The number of fused-ring (bicyclic) bond motifs is 1. The Morgan fingerprint density at radius 2 is 1.83 bits per heavy atom. The summed E-state index contributed by atoms with van der Waals surface area (Å²) in [6, 6.07) is 6.29. The molecule has 3 unspecified atom stereocenters. The van der Waals surface area contributed by atoms with Crippen molar-refractivity contribution < 1.29 is 19.1 Å². The number of benzene rings is 1. The maximum atomic E-state index is 13.2. The quantitative estimate of drug-likeness (QED) is 0.465. The van der Waals surface area contributed by atoms with E-state index in [1.165, 1.54) is 4.90 Å². The van der Waals surface area contributed by atoms with E-state index in [0.29, 0.717) is 36.6 Å². The molecule has 1 saturated heterocycles. The van der Waals surface area contributed by atoms with Crippen molar-refractivity contribution in [3.05, 3.63) is 41.4 Å². The Morgan fingerprint density at radius 3 is 2.40 bits per heavy atom. The normalized spacial score (nSPS) is 21.7. The Bertz CT molecular complexity index is 812. The monoisotopic (exact) mass is 432 g/mol. The first-order valence-corrected chi connectivity index (χ1v) is 10.8. The van der Waals surface area contributed by atoms with Crippen molar-refractivity contribution in [2.24, 2.45) is 17.8 Å². The number of amides is 3. The van der Waals surface area contributed by atoms with Gasteiger partial charge >= 0.3 is 0 Å². The van der Waals surface area contributed by atoms with E-state index in [0.717, 1.165) is 0 Å². The van der Waals surface area contributed by atoms with Crippen LogP contribution in [0.1, 0.15) is 33.1 Å². The molecule has 1 heterocycles. The van der Waals surface area contributed by atoms with Crippen LogP contribution in [0, 0.1) is 17.8 Å². The third-order valence-electron chi connectivity index (χ3n) is 5.70. The van der Waals surface area contributed by atoms with Crippen LogP contribution in [0.15, 0.2) is 36.4 Å². The van der Waals surface area contributed by atoms with Crippen molar-refractivity contribution in [1.82, 2.24) is 9.80 Å². The van der Waals surface area contributed by atoms with Crippen LogP contribution in [0.4, 0.5) is 0 Å². The van der Waals surface area contributed by atoms with Crippen LogP contribution < -0.4 is 4.74 Å². The molecule has 0 bridgehead atoms. The van der Waals surface area contributed by atoms with Gasteiger partial charge in [0.25, 0.3) is 0 Å². The predicted octanol–water partition coefficient (Wildman–Crippen LogP) is 3.54. The molecule has 3 amide bonds. The van der Waals surface area contributed by atoms with Gasteiger partial charge in [0.15, 0.2) is 0 Å². The fourth-order valence-electron chi connectivity index (χ4n) is 4.12. The number of hydrogen-bond donors (Lipinski definition) is 0. The highest BCUT2D eigenvalue weighted by atomic mass is 35.5. The molecule has 0 N–H and O–H groups in total. The van der Waals surface area contributed by atoms with E-state index in [2.05, 4.69) is 0 Å². The lowest BCUT2D eigenvalue weighted by atomic mass is 9.85. The number of likely N-dealkylation sites (N-methyl/N-ethyl adjacent to an activating group) is 1. The third-order valence-corrected chi connectivity index (χ3v) is 5.94. The van der Waals surface area contributed by atoms with Gasteiger partial charge in [0.2, 0.25) is 17.7 Å². The number of nitrogens with zero attached hydrogens (tertiary/aromatic N) is 2. The second kappa shape index (κ2) is 9.65.